The molecule has 9 atom stereocenters. The lowest BCUT2D eigenvalue weighted by atomic mass is 9.97. The van der Waals surface area contributed by atoms with Crippen LogP contribution >= 0.6 is 0 Å². The molecule has 74 heavy (non-hydrogen) atoms. The molecule has 8 rings (SSSR count). The molecule has 0 aromatic heterocycles. The van der Waals surface area contributed by atoms with Crippen molar-refractivity contribution >= 4 is 18.0 Å². The summed E-state index contributed by atoms with van der Waals surface area (Å²) in [6.45, 7) is 1.41. The zero-order valence-corrected chi connectivity index (χ0v) is 40.7. The molecule has 0 spiro atoms. The van der Waals surface area contributed by atoms with Crippen LogP contribution in [0.15, 0.2) is 164 Å². The first kappa shape index (κ1) is 53.2. The van der Waals surface area contributed by atoms with E-state index in [2.05, 4.69) is 0 Å². The highest BCUT2D eigenvalue weighted by Crippen LogP contribution is 2.34. The van der Waals surface area contributed by atoms with Crippen molar-refractivity contribution in [2.45, 2.75) is 95.1 Å². The average Bonchev–Trinajstić information content (AvgIpc) is 3.43. The van der Waals surface area contributed by atoms with Gasteiger partial charge in [-0.3, -0.25) is 4.79 Å². The second-order valence-electron chi connectivity index (χ2n) is 17.6. The van der Waals surface area contributed by atoms with Crippen LogP contribution < -0.4 is 18.9 Å². The molecule has 0 radical (unpaired) electrons. The van der Waals surface area contributed by atoms with Gasteiger partial charge in [-0.2, -0.15) is 0 Å². The standard InChI is InChI=1S/C58H60O16/c1-38(59)66-37-50-55(73-51(61)27-24-39-22-25-46(67-32-41-14-6-2-7-15-41)48(30-39)69-34-43-18-10-4-11-19-43)56(74-57-53(63)52(62)45(60)36-71-57)54(64)58(72-50)65-29-28-40-23-26-47(68-33-42-16-8-3-9-17-42)49(31-40)70-35-44-20-12-5-13-21-44/h2-27,30-31,45,50,52-58,60,62-64H,28-29,32-37H2,1H3/b27-24+/t45-,50-,52+,53-,54-,55-,56-,57+,58-/m1/s1. The van der Waals surface area contributed by atoms with Crippen LogP contribution in [0.3, 0.4) is 0 Å². The third-order valence-electron chi connectivity index (χ3n) is 12.1. The number of esters is 2. The molecule has 0 saturated carbocycles. The molecule has 16 heteroatoms. The fourth-order valence-corrected chi connectivity index (χ4v) is 8.09. The van der Waals surface area contributed by atoms with Gasteiger partial charge in [0.05, 0.1) is 13.2 Å². The SMILES string of the molecule is CC(=O)OC[C@H]1O[C@@H](OCCc2ccc(OCc3ccccc3)c(OCc3ccccc3)c2)[C@H](O)[C@@H](O[C@@H]2OC[C@@H](O)[C@H](O)[C@H]2O)[C@@H]1OC(=O)/C=C/c1ccc(OCc2ccccc2)c(OCc2ccccc2)c1. The van der Waals surface area contributed by atoms with Gasteiger partial charge < -0.3 is 67.8 Å². The fraction of sp³-hybridized carbons (Fsp3) is 0.310. The van der Waals surface area contributed by atoms with Gasteiger partial charge in [0.2, 0.25) is 0 Å². The van der Waals surface area contributed by atoms with Gasteiger partial charge >= 0.3 is 11.9 Å². The number of rotatable bonds is 23. The topological polar surface area (TPSA) is 207 Å². The Morgan fingerprint density at radius 1 is 0.568 bits per heavy atom. The molecule has 0 aliphatic carbocycles. The molecule has 16 nitrogen and oxygen atoms in total. The smallest absolute Gasteiger partial charge is 0.331 e. The second kappa shape index (κ2) is 26.7. The molecule has 2 fully saturated rings. The Kier molecular flexibility index (Phi) is 19.2. The minimum Gasteiger partial charge on any atom is -0.485 e. The molecule has 0 bridgehead atoms. The summed E-state index contributed by atoms with van der Waals surface area (Å²) in [5.74, 6) is 0.353. The fourth-order valence-electron chi connectivity index (χ4n) is 8.09. The Morgan fingerprint density at radius 3 is 1.62 bits per heavy atom. The molecule has 2 saturated heterocycles. The Balaban J connectivity index is 0.989. The molecule has 0 unspecified atom stereocenters. The van der Waals surface area contributed by atoms with Crippen LogP contribution in [0.4, 0.5) is 0 Å². The van der Waals surface area contributed by atoms with Gasteiger partial charge in [-0.25, -0.2) is 4.79 Å². The molecule has 2 heterocycles. The number of hydrogen-bond acceptors (Lipinski definition) is 16. The van der Waals surface area contributed by atoms with Crippen molar-refractivity contribution in [1.29, 1.82) is 0 Å². The number of ether oxygens (including phenoxy) is 10. The van der Waals surface area contributed by atoms with Crippen molar-refractivity contribution in [3.8, 4) is 23.0 Å². The van der Waals surface area contributed by atoms with Gasteiger partial charge in [0.15, 0.2) is 41.7 Å². The molecular weight excluding hydrogens is 953 g/mol. The van der Waals surface area contributed by atoms with E-state index in [1.54, 1.807) is 18.2 Å². The van der Waals surface area contributed by atoms with Crippen LogP contribution in [0.2, 0.25) is 0 Å². The third kappa shape index (κ3) is 15.2. The number of aliphatic hydroxyl groups excluding tert-OH is 4. The van der Waals surface area contributed by atoms with Crippen molar-refractivity contribution in [2.75, 3.05) is 19.8 Å². The molecule has 6 aromatic rings. The van der Waals surface area contributed by atoms with Crippen LogP contribution in [-0.4, -0.2) is 107 Å². The zero-order chi connectivity index (χ0) is 51.7. The number of carbonyl (C=O) groups is 2. The first-order chi connectivity index (χ1) is 36.1. The maximum absolute atomic E-state index is 13.8. The van der Waals surface area contributed by atoms with E-state index in [9.17, 15) is 30.0 Å². The summed E-state index contributed by atoms with van der Waals surface area (Å²) >= 11 is 0. The zero-order valence-electron chi connectivity index (χ0n) is 40.7. The van der Waals surface area contributed by atoms with E-state index < -0.39 is 80.5 Å². The van der Waals surface area contributed by atoms with E-state index in [4.69, 9.17) is 47.4 Å². The van der Waals surface area contributed by atoms with Crippen molar-refractivity contribution in [3.05, 3.63) is 197 Å². The first-order valence-electron chi connectivity index (χ1n) is 24.3. The van der Waals surface area contributed by atoms with Gasteiger partial charge in [-0.05, 0) is 70.1 Å². The summed E-state index contributed by atoms with van der Waals surface area (Å²) < 4.78 is 60.2. The van der Waals surface area contributed by atoms with Crippen LogP contribution in [-0.2, 0) is 70.9 Å². The summed E-state index contributed by atoms with van der Waals surface area (Å²) in [5, 5.41) is 43.6. The molecular formula is C58H60O16. The van der Waals surface area contributed by atoms with E-state index in [0.717, 1.165) is 33.9 Å². The number of carbonyl (C=O) groups excluding carboxylic acids is 2. The van der Waals surface area contributed by atoms with E-state index in [-0.39, 0.29) is 26.4 Å². The minimum absolute atomic E-state index is 0.0230. The molecule has 2 aliphatic heterocycles. The Morgan fingerprint density at radius 2 is 1.08 bits per heavy atom. The highest BCUT2D eigenvalue weighted by molar-refractivity contribution is 5.87. The maximum atomic E-state index is 13.8. The van der Waals surface area contributed by atoms with Crippen molar-refractivity contribution in [2.24, 2.45) is 0 Å². The van der Waals surface area contributed by atoms with Crippen LogP contribution in [0.25, 0.3) is 6.08 Å². The first-order valence-corrected chi connectivity index (χ1v) is 24.3. The normalized spacial score (nSPS) is 22.6. The third-order valence-corrected chi connectivity index (χ3v) is 12.1. The Bertz CT molecular complexity index is 2710. The largest absolute Gasteiger partial charge is 0.485 e. The highest BCUT2D eigenvalue weighted by Gasteiger charge is 2.52. The van der Waals surface area contributed by atoms with E-state index >= 15 is 0 Å². The lowest BCUT2D eigenvalue weighted by Crippen LogP contribution is -2.64. The summed E-state index contributed by atoms with van der Waals surface area (Å²) in [7, 11) is 0. The van der Waals surface area contributed by atoms with Crippen molar-refractivity contribution in [1.82, 2.24) is 0 Å². The Labute approximate surface area is 429 Å². The van der Waals surface area contributed by atoms with Crippen LogP contribution in [0, 0.1) is 0 Å². The number of aliphatic hydroxyl groups is 4. The number of hydrogen-bond donors (Lipinski definition) is 4. The Hall–Kier alpha value is -7.12. The molecule has 388 valence electrons. The van der Waals surface area contributed by atoms with Gasteiger partial charge in [0.25, 0.3) is 0 Å². The summed E-state index contributed by atoms with van der Waals surface area (Å²) in [6.07, 6.45) is -11.2. The predicted octanol–water partition coefficient (Wildman–Crippen LogP) is 6.66. The van der Waals surface area contributed by atoms with Crippen LogP contribution in [0.1, 0.15) is 40.3 Å². The summed E-state index contributed by atoms with van der Waals surface area (Å²) in [6, 6.07) is 49.4. The summed E-state index contributed by atoms with van der Waals surface area (Å²) in [4.78, 5) is 26.0. The monoisotopic (exact) mass is 1010 g/mol. The van der Waals surface area contributed by atoms with E-state index in [1.165, 1.54) is 13.0 Å². The second-order valence-corrected chi connectivity index (χ2v) is 17.6. The molecule has 4 N–H and O–H groups in total. The van der Waals surface area contributed by atoms with Gasteiger partial charge in [-0.1, -0.05) is 133 Å². The highest BCUT2D eigenvalue weighted by atomic mass is 16.7. The van der Waals surface area contributed by atoms with Gasteiger partial charge in [0, 0.05) is 13.0 Å². The quantitative estimate of drug-likeness (QED) is 0.0391. The molecule has 6 aromatic carbocycles. The summed E-state index contributed by atoms with van der Waals surface area (Å²) in [5.41, 5.74) is 5.18. The molecule has 0 amide bonds. The van der Waals surface area contributed by atoms with Crippen molar-refractivity contribution in [3.63, 3.8) is 0 Å². The predicted molar refractivity (Wildman–Crippen MR) is 268 cm³/mol. The van der Waals surface area contributed by atoms with E-state index in [0.29, 0.717) is 41.6 Å². The number of benzene rings is 6. The molecule has 2 aliphatic rings. The van der Waals surface area contributed by atoms with Gasteiger partial charge in [-0.15, -0.1) is 0 Å². The lowest BCUT2D eigenvalue weighted by Gasteiger charge is -2.45. The minimum atomic E-state index is -1.78. The van der Waals surface area contributed by atoms with Crippen LogP contribution in [0.5, 0.6) is 23.0 Å². The van der Waals surface area contributed by atoms with E-state index in [1.807, 2.05) is 140 Å². The maximum Gasteiger partial charge on any atom is 0.331 e. The average molecular weight is 1010 g/mol. The van der Waals surface area contributed by atoms with Crippen molar-refractivity contribution < 1.29 is 77.4 Å². The van der Waals surface area contributed by atoms with Gasteiger partial charge in [0.1, 0.15) is 69.7 Å². The lowest BCUT2D eigenvalue weighted by molar-refractivity contribution is -0.349.